The van der Waals surface area contributed by atoms with Gasteiger partial charge in [0.05, 0.1) is 11.0 Å². The van der Waals surface area contributed by atoms with E-state index in [1.54, 1.807) is 23.4 Å². The van der Waals surface area contributed by atoms with Gasteiger partial charge in [0.1, 0.15) is 17.2 Å². The van der Waals surface area contributed by atoms with Gasteiger partial charge in [-0.25, -0.2) is 14.2 Å². The van der Waals surface area contributed by atoms with Crippen molar-refractivity contribution < 1.29 is 23.6 Å². The maximum Gasteiger partial charge on any atom is 0.410 e. The minimum Gasteiger partial charge on any atom is -0.454 e. The highest BCUT2D eigenvalue weighted by molar-refractivity contribution is 5.70. The van der Waals surface area contributed by atoms with Crippen LogP contribution in [-0.4, -0.2) is 57.7 Å². The Hall–Kier alpha value is -4.28. The van der Waals surface area contributed by atoms with Gasteiger partial charge in [-0.3, -0.25) is 15.1 Å². The Balaban J connectivity index is 1.45. The number of nitro groups is 1. The Labute approximate surface area is 207 Å². The summed E-state index contributed by atoms with van der Waals surface area (Å²) >= 11 is 0. The monoisotopic (exact) mass is 495 g/mol. The van der Waals surface area contributed by atoms with Crippen LogP contribution in [0.4, 0.5) is 20.7 Å². The highest BCUT2D eigenvalue weighted by Gasteiger charge is 2.26. The lowest BCUT2D eigenvalue weighted by Crippen LogP contribution is -2.50. The number of pyridine rings is 2. The summed E-state index contributed by atoms with van der Waals surface area (Å²) in [7, 11) is 0. The zero-order valence-electron chi connectivity index (χ0n) is 20.2. The van der Waals surface area contributed by atoms with E-state index in [9.17, 15) is 19.3 Å². The summed E-state index contributed by atoms with van der Waals surface area (Å²) in [5, 5.41) is 10.9. The van der Waals surface area contributed by atoms with Gasteiger partial charge in [0.25, 0.3) is 5.69 Å². The van der Waals surface area contributed by atoms with E-state index in [0.717, 1.165) is 11.9 Å². The zero-order valence-corrected chi connectivity index (χ0v) is 20.2. The van der Waals surface area contributed by atoms with Crippen LogP contribution in [0.5, 0.6) is 11.5 Å². The van der Waals surface area contributed by atoms with Crippen molar-refractivity contribution in [3.8, 4) is 22.6 Å². The number of piperazine rings is 1. The molecule has 11 heteroatoms. The van der Waals surface area contributed by atoms with E-state index in [2.05, 4.69) is 14.9 Å². The number of halogens is 1. The standard InChI is InChI=1S/C25H26FN5O5/c1-25(2,3)36-24(32)30-12-10-29(11-13-30)23-7-4-17(15-28-23)19-16-27-9-8-21(19)35-22-6-5-18(31(33)34)14-20(22)26/h4-9,14-16H,10-13H2,1-3H3. The Morgan fingerprint density at radius 2 is 1.81 bits per heavy atom. The van der Waals surface area contributed by atoms with E-state index in [1.807, 2.05) is 32.9 Å². The van der Waals surface area contributed by atoms with Crippen LogP contribution in [0.25, 0.3) is 11.1 Å². The second kappa shape index (κ2) is 10.1. The number of ether oxygens (including phenoxy) is 2. The summed E-state index contributed by atoms with van der Waals surface area (Å²) in [4.78, 5) is 34.9. The number of nitro benzene ring substituents is 1. The molecule has 1 fully saturated rings. The summed E-state index contributed by atoms with van der Waals surface area (Å²) < 4.78 is 25.5. The molecule has 0 atom stereocenters. The summed E-state index contributed by atoms with van der Waals surface area (Å²) in [6, 6.07) is 8.52. The number of hydrogen-bond donors (Lipinski definition) is 0. The van der Waals surface area contributed by atoms with E-state index in [0.29, 0.717) is 43.1 Å². The maximum absolute atomic E-state index is 14.4. The normalized spacial score (nSPS) is 13.9. The summed E-state index contributed by atoms with van der Waals surface area (Å²) in [6.07, 6.45) is 4.44. The molecule has 10 nitrogen and oxygen atoms in total. The summed E-state index contributed by atoms with van der Waals surface area (Å²) in [6.45, 7) is 7.81. The van der Waals surface area contributed by atoms with Crippen LogP contribution >= 0.6 is 0 Å². The number of hydrogen-bond acceptors (Lipinski definition) is 8. The van der Waals surface area contributed by atoms with E-state index in [4.69, 9.17) is 9.47 Å². The molecule has 1 aliphatic rings. The molecule has 0 radical (unpaired) electrons. The van der Waals surface area contributed by atoms with Crippen LogP contribution in [0.2, 0.25) is 0 Å². The molecule has 0 N–H and O–H groups in total. The molecule has 1 aliphatic heterocycles. The fourth-order valence-electron chi connectivity index (χ4n) is 3.67. The van der Waals surface area contributed by atoms with Crippen LogP contribution in [-0.2, 0) is 4.74 Å². The number of anilines is 1. The lowest BCUT2D eigenvalue weighted by atomic mass is 10.1. The predicted molar refractivity (Wildman–Crippen MR) is 131 cm³/mol. The lowest BCUT2D eigenvalue weighted by molar-refractivity contribution is -0.385. The van der Waals surface area contributed by atoms with Gasteiger partial charge in [-0.15, -0.1) is 0 Å². The highest BCUT2D eigenvalue weighted by Crippen LogP contribution is 2.34. The van der Waals surface area contributed by atoms with Crippen molar-refractivity contribution in [3.63, 3.8) is 0 Å². The molecule has 0 saturated carbocycles. The van der Waals surface area contributed by atoms with Gasteiger partial charge in [0.15, 0.2) is 11.6 Å². The van der Waals surface area contributed by atoms with Gasteiger partial charge in [0.2, 0.25) is 0 Å². The SMILES string of the molecule is CC(C)(C)OC(=O)N1CCN(c2ccc(-c3cnccc3Oc3ccc([N+](=O)[O-])cc3F)cn2)CC1. The number of carbonyl (C=O) groups is 1. The number of non-ortho nitro benzene ring substituents is 1. The summed E-state index contributed by atoms with van der Waals surface area (Å²) in [5.74, 6) is 0.111. The van der Waals surface area contributed by atoms with Gasteiger partial charge in [-0.05, 0) is 45.0 Å². The Kier molecular flexibility index (Phi) is 7.00. The molecule has 1 saturated heterocycles. The minimum atomic E-state index is -0.842. The molecular weight excluding hydrogens is 469 g/mol. The predicted octanol–water partition coefficient (Wildman–Crippen LogP) is 5.04. The number of rotatable bonds is 5. The van der Waals surface area contributed by atoms with Gasteiger partial charge in [-0.2, -0.15) is 0 Å². The van der Waals surface area contributed by atoms with E-state index < -0.39 is 16.3 Å². The number of benzene rings is 1. The van der Waals surface area contributed by atoms with Crippen molar-refractivity contribution in [3.05, 3.63) is 70.9 Å². The Morgan fingerprint density at radius 1 is 1.06 bits per heavy atom. The quantitative estimate of drug-likeness (QED) is 0.358. The largest absolute Gasteiger partial charge is 0.454 e. The third-order valence-electron chi connectivity index (χ3n) is 5.44. The van der Waals surface area contributed by atoms with Crippen molar-refractivity contribution in [2.75, 3.05) is 31.1 Å². The van der Waals surface area contributed by atoms with Crippen molar-refractivity contribution in [2.45, 2.75) is 26.4 Å². The third-order valence-corrected chi connectivity index (χ3v) is 5.44. The van der Waals surface area contributed by atoms with Gasteiger partial charge in [0, 0.05) is 62.0 Å². The molecule has 0 aliphatic carbocycles. The third kappa shape index (κ3) is 5.85. The number of nitrogens with zero attached hydrogens (tertiary/aromatic N) is 5. The molecule has 188 valence electrons. The Bertz CT molecular complexity index is 1250. The molecule has 3 heterocycles. The maximum atomic E-state index is 14.4. The number of amides is 1. The first-order valence-corrected chi connectivity index (χ1v) is 11.4. The highest BCUT2D eigenvalue weighted by atomic mass is 19.1. The van der Waals surface area contributed by atoms with Gasteiger partial charge in [-0.1, -0.05) is 0 Å². The van der Waals surface area contributed by atoms with Crippen molar-refractivity contribution in [1.82, 2.24) is 14.9 Å². The first-order chi connectivity index (χ1) is 17.1. The van der Waals surface area contributed by atoms with Gasteiger partial charge < -0.3 is 19.3 Å². The molecule has 1 amide bonds. The van der Waals surface area contributed by atoms with Crippen LogP contribution in [0.3, 0.4) is 0 Å². The van der Waals surface area contributed by atoms with E-state index in [-0.39, 0.29) is 17.5 Å². The molecule has 2 aromatic heterocycles. The molecule has 3 aromatic rings. The molecule has 4 rings (SSSR count). The van der Waals surface area contributed by atoms with E-state index >= 15 is 0 Å². The van der Waals surface area contributed by atoms with Crippen LogP contribution in [0.1, 0.15) is 20.8 Å². The topological polar surface area (TPSA) is 111 Å². The zero-order chi connectivity index (χ0) is 25.9. The molecule has 0 unspecified atom stereocenters. The van der Waals surface area contributed by atoms with Crippen molar-refractivity contribution >= 4 is 17.6 Å². The van der Waals surface area contributed by atoms with Gasteiger partial charge >= 0.3 is 6.09 Å². The minimum absolute atomic E-state index is 0.138. The van der Waals surface area contributed by atoms with Crippen LogP contribution in [0.15, 0.2) is 55.0 Å². The Morgan fingerprint density at radius 3 is 2.42 bits per heavy atom. The molecule has 0 spiro atoms. The molecule has 1 aromatic carbocycles. The average Bonchev–Trinajstić information content (AvgIpc) is 2.85. The van der Waals surface area contributed by atoms with E-state index in [1.165, 1.54) is 18.3 Å². The average molecular weight is 496 g/mol. The van der Waals surface area contributed by atoms with Crippen molar-refractivity contribution in [1.29, 1.82) is 0 Å². The second-order valence-electron chi connectivity index (χ2n) is 9.21. The smallest absolute Gasteiger partial charge is 0.410 e. The van der Waals surface area contributed by atoms with Crippen LogP contribution < -0.4 is 9.64 Å². The first-order valence-electron chi connectivity index (χ1n) is 11.4. The fraction of sp³-hybridized carbons (Fsp3) is 0.320. The first kappa shape index (κ1) is 24.8. The number of aromatic nitrogens is 2. The number of carbonyl (C=O) groups excluding carboxylic acids is 1. The fourth-order valence-corrected chi connectivity index (χ4v) is 3.67. The summed E-state index contributed by atoms with van der Waals surface area (Å²) in [5.41, 5.74) is 0.396. The second-order valence-corrected chi connectivity index (χ2v) is 9.21. The molecule has 36 heavy (non-hydrogen) atoms. The molecular formula is C25H26FN5O5. The molecule has 0 bridgehead atoms. The van der Waals surface area contributed by atoms with Crippen molar-refractivity contribution in [2.24, 2.45) is 0 Å². The van der Waals surface area contributed by atoms with Crippen LogP contribution in [0, 0.1) is 15.9 Å². The lowest BCUT2D eigenvalue weighted by Gasteiger charge is -2.36.